The summed E-state index contributed by atoms with van der Waals surface area (Å²) in [7, 11) is 1.48. The van der Waals surface area contributed by atoms with Gasteiger partial charge in [-0.05, 0) is 36.1 Å². The maximum atomic E-state index is 11.5. The highest BCUT2D eigenvalue weighted by atomic mass is 16.6. The highest BCUT2D eigenvalue weighted by Gasteiger charge is 2.42. The van der Waals surface area contributed by atoms with E-state index >= 15 is 0 Å². The number of fused-ring (bicyclic) bond motifs is 3. The third-order valence-corrected chi connectivity index (χ3v) is 5.23. The second-order valence-electron chi connectivity index (χ2n) is 6.56. The molecule has 3 unspecified atom stereocenters. The van der Waals surface area contributed by atoms with E-state index in [4.69, 9.17) is 4.74 Å². The Bertz CT molecular complexity index is 924. The normalized spacial score (nSPS) is 23.0. The number of phenols is 2. The van der Waals surface area contributed by atoms with E-state index in [1.807, 2.05) is 12.2 Å². The van der Waals surface area contributed by atoms with Crippen LogP contribution in [0.25, 0.3) is 0 Å². The molecule has 3 atom stereocenters. The number of nitrogens with zero attached hydrogens (tertiary/aromatic N) is 1. The number of anilines is 1. The van der Waals surface area contributed by atoms with E-state index in [9.17, 15) is 20.3 Å². The van der Waals surface area contributed by atoms with Gasteiger partial charge in [0.05, 0.1) is 29.3 Å². The molecule has 2 aromatic rings. The lowest BCUT2D eigenvalue weighted by Gasteiger charge is -2.37. The zero-order valence-corrected chi connectivity index (χ0v) is 14.0. The molecule has 0 bridgehead atoms. The highest BCUT2D eigenvalue weighted by molar-refractivity contribution is 5.73. The Kier molecular flexibility index (Phi) is 3.72. The van der Waals surface area contributed by atoms with E-state index in [-0.39, 0.29) is 35.1 Å². The summed E-state index contributed by atoms with van der Waals surface area (Å²) in [5.41, 5.74) is 1.81. The smallest absolute Gasteiger partial charge is 0.275 e. The number of methoxy groups -OCH3 is 1. The number of nitro benzene ring substituents is 1. The molecule has 1 heterocycles. The third-order valence-electron chi connectivity index (χ3n) is 5.23. The monoisotopic (exact) mass is 354 g/mol. The first-order valence-electron chi connectivity index (χ1n) is 8.31. The second kappa shape index (κ2) is 5.94. The van der Waals surface area contributed by atoms with Crippen LogP contribution < -0.4 is 10.1 Å². The topological polar surface area (TPSA) is 105 Å². The van der Waals surface area contributed by atoms with Crippen LogP contribution in [0.3, 0.4) is 0 Å². The summed E-state index contributed by atoms with van der Waals surface area (Å²) in [5.74, 6) is 0.300. The minimum atomic E-state index is -0.410. The number of nitrogens with one attached hydrogen (secondary N) is 1. The fourth-order valence-electron chi connectivity index (χ4n) is 4.05. The molecule has 0 aromatic heterocycles. The van der Waals surface area contributed by atoms with Crippen LogP contribution in [0.4, 0.5) is 11.4 Å². The van der Waals surface area contributed by atoms with E-state index in [0.717, 1.165) is 12.0 Å². The van der Waals surface area contributed by atoms with Crippen LogP contribution in [-0.2, 0) is 0 Å². The fourth-order valence-corrected chi connectivity index (χ4v) is 4.05. The van der Waals surface area contributed by atoms with Crippen molar-refractivity contribution in [2.45, 2.75) is 18.4 Å². The van der Waals surface area contributed by atoms with Gasteiger partial charge in [-0.3, -0.25) is 10.1 Å². The van der Waals surface area contributed by atoms with Crippen molar-refractivity contribution >= 4 is 11.4 Å². The minimum Gasteiger partial charge on any atom is -0.506 e. The second-order valence-corrected chi connectivity index (χ2v) is 6.56. The number of hydrogen-bond acceptors (Lipinski definition) is 6. The quantitative estimate of drug-likeness (QED) is 0.335. The summed E-state index contributed by atoms with van der Waals surface area (Å²) in [6.07, 6.45) is 4.75. The molecular formula is C19H18N2O5. The van der Waals surface area contributed by atoms with Crippen LogP contribution in [0.15, 0.2) is 42.5 Å². The van der Waals surface area contributed by atoms with Crippen LogP contribution in [0.1, 0.15) is 29.5 Å². The van der Waals surface area contributed by atoms with Crippen LogP contribution >= 0.6 is 0 Å². The lowest BCUT2D eigenvalue weighted by atomic mass is 9.76. The molecule has 26 heavy (non-hydrogen) atoms. The molecule has 0 radical (unpaired) electrons. The summed E-state index contributed by atoms with van der Waals surface area (Å²) in [4.78, 5) is 11.1. The number of benzene rings is 2. The van der Waals surface area contributed by atoms with Gasteiger partial charge in [0, 0.05) is 12.0 Å². The fraction of sp³-hybridized carbons (Fsp3) is 0.263. The summed E-state index contributed by atoms with van der Waals surface area (Å²) >= 11 is 0. The number of aromatic hydroxyl groups is 2. The average molecular weight is 354 g/mol. The van der Waals surface area contributed by atoms with Gasteiger partial charge in [-0.1, -0.05) is 18.2 Å². The van der Waals surface area contributed by atoms with Crippen molar-refractivity contribution in [3.05, 3.63) is 63.7 Å². The molecule has 2 aliphatic rings. The highest BCUT2D eigenvalue weighted by Crippen LogP contribution is 2.55. The van der Waals surface area contributed by atoms with Crippen molar-refractivity contribution in [1.82, 2.24) is 0 Å². The Morgan fingerprint density at radius 1 is 1.23 bits per heavy atom. The van der Waals surface area contributed by atoms with Crippen LogP contribution in [0.2, 0.25) is 0 Å². The van der Waals surface area contributed by atoms with Gasteiger partial charge < -0.3 is 20.3 Å². The number of allylic oxidation sites excluding steroid dienone is 2. The first kappa shape index (κ1) is 16.3. The van der Waals surface area contributed by atoms with Crippen molar-refractivity contribution < 1.29 is 19.9 Å². The predicted octanol–water partition coefficient (Wildman–Crippen LogP) is 3.84. The molecule has 7 nitrogen and oxygen atoms in total. The summed E-state index contributed by atoms with van der Waals surface area (Å²) in [5, 5.41) is 34.9. The van der Waals surface area contributed by atoms with E-state index in [0.29, 0.717) is 17.0 Å². The first-order chi connectivity index (χ1) is 12.5. The molecule has 1 aliphatic carbocycles. The molecule has 0 spiro atoms. The van der Waals surface area contributed by atoms with Crippen LogP contribution in [0, 0.1) is 16.0 Å². The summed E-state index contributed by atoms with van der Waals surface area (Å²) < 4.78 is 5.20. The van der Waals surface area contributed by atoms with Gasteiger partial charge >= 0.3 is 0 Å². The Labute approximate surface area is 149 Å². The van der Waals surface area contributed by atoms with Crippen molar-refractivity contribution in [2.75, 3.05) is 12.4 Å². The third kappa shape index (κ3) is 2.35. The first-order valence-corrected chi connectivity index (χ1v) is 8.31. The van der Waals surface area contributed by atoms with Gasteiger partial charge in [0.15, 0.2) is 11.5 Å². The number of rotatable bonds is 3. The number of ether oxygens (including phenoxy) is 1. The minimum absolute atomic E-state index is 0.00795. The van der Waals surface area contributed by atoms with Crippen molar-refractivity contribution in [3.63, 3.8) is 0 Å². The maximum Gasteiger partial charge on any atom is 0.275 e. The van der Waals surface area contributed by atoms with Crippen LogP contribution in [0.5, 0.6) is 17.2 Å². The number of phenolic OH excluding ortho intramolecular Hbond substituents is 2. The molecule has 0 amide bonds. The number of hydrogen-bond donors (Lipinski definition) is 3. The molecule has 134 valence electrons. The maximum absolute atomic E-state index is 11.5. The molecule has 2 aromatic carbocycles. The van der Waals surface area contributed by atoms with E-state index in [2.05, 4.69) is 5.32 Å². The van der Waals surface area contributed by atoms with Crippen molar-refractivity contribution in [3.8, 4) is 17.2 Å². The Morgan fingerprint density at radius 3 is 2.73 bits per heavy atom. The SMILES string of the molecule is COc1cc(C2Nc3c(O)ccc([N+](=O)[O-])c3C3C=CCC32)ccc1O. The summed E-state index contributed by atoms with van der Waals surface area (Å²) in [6.45, 7) is 0. The lowest BCUT2D eigenvalue weighted by Crippen LogP contribution is -2.29. The van der Waals surface area contributed by atoms with Crippen LogP contribution in [-0.4, -0.2) is 22.2 Å². The van der Waals surface area contributed by atoms with E-state index in [1.54, 1.807) is 18.2 Å². The van der Waals surface area contributed by atoms with Crippen molar-refractivity contribution in [2.24, 2.45) is 5.92 Å². The molecule has 0 fully saturated rings. The molecular weight excluding hydrogens is 336 g/mol. The molecule has 0 saturated carbocycles. The van der Waals surface area contributed by atoms with Gasteiger partial charge in [-0.25, -0.2) is 0 Å². The number of nitro groups is 1. The molecule has 7 heteroatoms. The Balaban J connectivity index is 1.85. The summed E-state index contributed by atoms with van der Waals surface area (Å²) in [6, 6.07) is 7.63. The zero-order chi connectivity index (χ0) is 18.4. The molecule has 0 saturated heterocycles. The standard InChI is InChI=1S/C19H18N2O5/c1-26-16-9-10(5-7-14(16)22)18-12-4-2-3-11(12)17-13(21(24)25)6-8-15(23)19(17)20-18/h2-3,5-9,11-12,18,20,22-23H,4H2,1H3. The predicted molar refractivity (Wildman–Crippen MR) is 95.8 cm³/mol. The Hall–Kier alpha value is -3.22. The Morgan fingerprint density at radius 2 is 2.00 bits per heavy atom. The van der Waals surface area contributed by atoms with E-state index < -0.39 is 4.92 Å². The lowest BCUT2D eigenvalue weighted by molar-refractivity contribution is -0.385. The largest absolute Gasteiger partial charge is 0.506 e. The van der Waals surface area contributed by atoms with Gasteiger partial charge in [-0.2, -0.15) is 0 Å². The molecule has 4 rings (SSSR count). The van der Waals surface area contributed by atoms with Gasteiger partial charge in [0.1, 0.15) is 5.75 Å². The van der Waals surface area contributed by atoms with Crippen molar-refractivity contribution in [1.29, 1.82) is 0 Å². The van der Waals surface area contributed by atoms with Gasteiger partial charge in [0.2, 0.25) is 0 Å². The van der Waals surface area contributed by atoms with Gasteiger partial charge in [-0.15, -0.1) is 0 Å². The average Bonchev–Trinajstić information content (AvgIpc) is 3.11. The molecule has 3 N–H and O–H groups in total. The van der Waals surface area contributed by atoms with E-state index in [1.165, 1.54) is 19.2 Å². The zero-order valence-electron chi connectivity index (χ0n) is 14.0. The van der Waals surface area contributed by atoms with Gasteiger partial charge in [0.25, 0.3) is 5.69 Å². The molecule has 1 aliphatic heterocycles.